The van der Waals surface area contributed by atoms with Gasteiger partial charge in [0.05, 0.1) is 0 Å². The fourth-order valence-electron chi connectivity index (χ4n) is 1.85. The molecule has 18 heavy (non-hydrogen) atoms. The van der Waals surface area contributed by atoms with Crippen molar-refractivity contribution in [2.45, 2.75) is 13.3 Å². The second kappa shape index (κ2) is 5.37. The maximum atomic E-state index is 10.9. The van der Waals surface area contributed by atoms with Crippen molar-refractivity contribution < 1.29 is 9.90 Å². The molecule has 1 N–H and O–H groups in total. The molecule has 1 aromatic rings. The van der Waals surface area contributed by atoms with Gasteiger partial charge >= 0.3 is 5.97 Å². The van der Waals surface area contributed by atoms with Crippen LogP contribution in [0.5, 0.6) is 0 Å². The van der Waals surface area contributed by atoms with Crippen LogP contribution in [0.15, 0.2) is 53.6 Å². The van der Waals surface area contributed by atoms with E-state index in [1.807, 2.05) is 43.3 Å². The number of rotatable bonds is 1. The monoisotopic (exact) mass is 238 g/mol. The van der Waals surface area contributed by atoms with Gasteiger partial charge in [0, 0.05) is 16.7 Å². The summed E-state index contributed by atoms with van der Waals surface area (Å²) in [7, 11) is 0. The molecule has 0 heterocycles. The van der Waals surface area contributed by atoms with Gasteiger partial charge in [-0.05, 0) is 30.5 Å². The Hall–Kier alpha value is -2.27. The predicted octanol–water partition coefficient (Wildman–Crippen LogP) is 3.02. The minimum atomic E-state index is -0.840. The second-order valence-electron chi connectivity index (χ2n) is 4.34. The largest absolute Gasteiger partial charge is 0.478 e. The van der Waals surface area contributed by atoms with Crippen molar-refractivity contribution in [1.29, 1.82) is 0 Å². The van der Waals surface area contributed by atoms with E-state index in [1.54, 1.807) is 6.08 Å². The Bertz CT molecular complexity index is 568. The van der Waals surface area contributed by atoms with Crippen LogP contribution in [0.1, 0.15) is 18.9 Å². The van der Waals surface area contributed by atoms with Gasteiger partial charge in [0.2, 0.25) is 0 Å². The van der Waals surface area contributed by atoms with Crippen LogP contribution in [-0.4, -0.2) is 11.1 Å². The van der Waals surface area contributed by atoms with Gasteiger partial charge in [-0.15, -0.1) is 0 Å². The maximum absolute atomic E-state index is 10.9. The van der Waals surface area contributed by atoms with Crippen molar-refractivity contribution in [3.05, 3.63) is 59.2 Å². The Morgan fingerprint density at radius 2 is 1.94 bits per heavy atom. The normalized spacial score (nSPS) is 18.2. The highest BCUT2D eigenvalue weighted by atomic mass is 16.4. The summed E-state index contributed by atoms with van der Waals surface area (Å²) in [4.78, 5) is 10.9. The van der Waals surface area contributed by atoms with E-state index in [0.29, 0.717) is 12.0 Å². The number of carboxylic acids is 1. The lowest BCUT2D eigenvalue weighted by molar-refractivity contribution is -0.132. The first-order valence-corrected chi connectivity index (χ1v) is 5.88. The SMILES string of the molecule is CC1CC(C(=O)O)=CC=C1C#Cc1ccccc1. The highest BCUT2D eigenvalue weighted by Crippen LogP contribution is 2.24. The van der Waals surface area contributed by atoms with Gasteiger partial charge < -0.3 is 5.11 Å². The third-order valence-electron chi connectivity index (χ3n) is 2.92. The van der Waals surface area contributed by atoms with E-state index in [0.717, 1.165) is 11.1 Å². The molecular formula is C16H14O2. The van der Waals surface area contributed by atoms with Crippen LogP contribution in [0.2, 0.25) is 0 Å². The highest BCUT2D eigenvalue weighted by molar-refractivity contribution is 5.87. The summed E-state index contributed by atoms with van der Waals surface area (Å²) in [6, 6.07) is 9.77. The van der Waals surface area contributed by atoms with Crippen molar-refractivity contribution in [3.8, 4) is 11.8 Å². The van der Waals surface area contributed by atoms with E-state index in [-0.39, 0.29) is 5.92 Å². The van der Waals surface area contributed by atoms with Crippen molar-refractivity contribution in [2.75, 3.05) is 0 Å². The van der Waals surface area contributed by atoms with E-state index < -0.39 is 5.97 Å². The molecule has 1 aliphatic rings. The minimum Gasteiger partial charge on any atom is -0.478 e. The van der Waals surface area contributed by atoms with Crippen LogP contribution < -0.4 is 0 Å². The van der Waals surface area contributed by atoms with Crippen LogP contribution in [-0.2, 0) is 4.79 Å². The van der Waals surface area contributed by atoms with E-state index in [2.05, 4.69) is 11.8 Å². The zero-order valence-electron chi connectivity index (χ0n) is 10.2. The first-order chi connectivity index (χ1) is 8.66. The molecule has 0 aliphatic heterocycles. The zero-order valence-corrected chi connectivity index (χ0v) is 10.2. The summed E-state index contributed by atoms with van der Waals surface area (Å²) >= 11 is 0. The number of carboxylic acid groups (broad SMARTS) is 1. The van der Waals surface area contributed by atoms with E-state index in [1.165, 1.54) is 0 Å². The van der Waals surface area contributed by atoms with Crippen LogP contribution in [0.3, 0.4) is 0 Å². The van der Waals surface area contributed by atoms with Crippen LogP contribution in [0, 0.1) is 17.8 Å². The minimum absolute atomic E-state index is 0.164. The third-order valence-corrected chi connectivity index (χ3v) is 2.92. The summed E-state index contributed by atoms with van der Waals surface area (Å²) in [6.45, 7) is 2.00. The molecule has 0 aromatic heterocycles. The molecule has 2 nitrogen and oxygen atoms in total. The lowest BCUT2D eigenvalue weighted by Gasteiger charge is -2.15. The second-order valence-corrected chi connectivity index (χ2v) is 4.34. The van der Waals surface area contributed by atoms with Gasteiger partial charge in [0.25, 0.3) is 0 Å². The molecule has 0 spiro atoms. The summed E-state index contributed by atoms with van der Waals surface area (Å²) in [5.41, 5.74) is 2.41. The number of carbonyl (C=O) groups is 1. The van der Waals surface area contributed by atoms with Crippen molar-refractivity contribution in [1.82, 2.24) is 0 Å². The predicted molar refractivity (Wildman–Crippen MR) is 70.9 cm³/mol. The smallest absolute Gasteiger partial charge is 0.331 e. The fourth-order valence-corrected chi connectivity index (χ4v) is 1.85. The topological polar surface area (TPSA) is 37.3 Å². The van der Waals surface area contributed by atoms with Crippen LogP contribution in [0.4, 0.5) is 0 Å². The standard InChI is InChI=1S/C16H14O2/c1-12-11-15(16(17)18)10-9-14(12)8-7-13-5-3-2-4-6-13/h2-6,9-10,12H,11H2,1H3,(H,17,18). The Kier molecular flexibility index (Phi) is 3.64. The maximum Gasteiger partial charge on any atom is 0.331 e. The van der Waals surface area contributed by atoms with E-state index in [4.69, 9.17) is 5.11 Å². The summed E-state index contributed by atoms with van der Waals surface area (Å²) in [5, 5.41) is 8.92. The zero-order chi connectivity index (χ0) is 13.0. The Labute approximate surface area is 107 Å². The van der Waals surface area contributed by atoms with Gasteiger partial charge in [-0.3, -0.25) is 0 Å². The van der Waals surface area contributed by atoms with Crippen molar-refractivity contribution >= 4 is 5.97 Å². The van der Waals surface area contributed by atoms with Crippen LogP contribution >= 0.6 is 0 Å². The lowest BCUT2D eigenvalue weighted by Crippen LogP contribution is -2.10. The van der Waals surface area contributed by atoms with E-state index in [9.17, 15) is 4.79 Å². The average Bonchev–Trinajstić information content (AvgIpc) is 2.38. The summed E-state index contributed by atoms with van der Waals surface area (Å²) in [5.74, 6) is 5.54. The number of hydrogen-bond donors (Lipinski definition) is 1. The molecule has 0 fully saturated rings. The van der Waals surface area contributed by atoms with Gasteiger partial charge in [-0.1, -0.05) is 43.0 Å². The van der Waals surface area contributed by atoms with Crippen LogP contribution in [0.25, 0.3) is 0 Å². The van der Waals surface area contributed by atoms with Gasteiger partial charge in [-0.25, -0.2) is 4.79 Å². The van der Waals surface area contributed by atoms with Gasteiger partial charge in [0.1, 0.15) is 0 Å². The molecule has 0 bridgehead atoms. The quantitative estimate of drug-likeness (QED) is 0.764. The number of benzene rings is 1. The van der Waals surface area contributed by atoms with Crippen molar-refractivity contribution in [2.24, 2.45) is 5.92 Å². The number of aliphatic carboxylic acids is 1. The molecule has 90 valence electrons. The highest BCUT2D eigenvalue weighted by Gasteiger charge is 2.17. The van der Waals surface area contributed by atoms with Gasteiger partial charge in [-0.2, -0.15) is 0 Å². The molecule has 1 aliphatic carbocycles. The summed E-state index contributed by atoms with van der Waals surface area (Å²) in [6.07, 6.45) is 4.01. The van der Waals surface area contributed by atoms with Crippen molar-refractivity contribution in [3.63, 3.8) is 0 Å². The Morgan fingerprint density at radius 1 is 1.22 bits per heavy atom. The number of allylic oxidation sites excluding steroid dienone is 3. The molecule has 0 saturated heterocycles. The number of hydrogen-bond acceptors (Lipinski definition) is 1. The first-order valence-electron chi connectivity index (χ1n) is 5.88. The molecule has 1 unspecified atom stereocenters. The molecule has 1 atom stereocenters. The molecule has 0 amide bonds. The molecule has 0 radical (unpaired) electrons. The molecule has 2 rings (SSSR count). The summed E-state index contributed by atoms with van der Waals surface area (Å²) < 4.78 is 0. The Balaban J connectivity index is 2.21. The molecule has 1 aromatic carbocycles. The first kappa shape index (κ1) is 12.2. The molecule has 0 saturated carbocycles. The molecular weight excluding hydrogens is 224 g/mol. The average molecular weight is 238 g/mol. The fraction of sp³-hybridized carbons (Fsp3) is 0.188. The Morgan fingerprint density at radius 3 is 2.56 bits per heavy atom. The molecule has 2 heteroatoms. The van der Waals surface area contributed by atoms with Gasteiger partial charge in [0.15, 0.2) is 0 Å². The third kappa shape index (κ3) is 2.89. The van der Waals surface area contributed by atoms with E-state index >= 15 is 0 Å². The lowest BCUT2D eigenvalue weighted by atomic mass is 9.88.